The number of benzene rings is 1. The van der Waals surface area contributed by atoms with Crippen LogP contribution in [0, 0.1) is 13.8 Å². The molecule has 0 unspecified atom stereocenters. The Morgan fingerprint density at radius 1 is 1.08 bits per heavy atom. The van der Waals surface area contributed by atoms with E-state index in [4.69, 9.17) is 16.6 Å². The van der Waals surface area contributed by atoms with Crippen LogP contribution in [-0.4, -0.2) is 44.8 Å². The van der Waals surface area contributed by atoms with Crippen molar-refractivity contribution in [2.24, 2.45) is 0 Å². The van der Waals surface area contributed by atoms with E-state index in [1.807, 2.05) is 24.3 Å². The van der Waals surface area contributed by atoms with Crippen LogP contribution in [0.4, 0.5) is 0 Å². The molecule has 3 heterocycles. The average Bonchev–Trinajstić information content (AvgIpc) is 3.14. The minimum Gasteiger partial charge on any atom is -0.338 e. The predicted octanol–water partition coefficient (Wildman–Crippen LogP) is 2.16. The van der Waals surface area contributed by atoms with Gasteiger partial charge in [0.15, 0.2) is 11.5 Å². The molecule has 0 aliphatic carbocycles. The van der Waals surface area contributed by atoms with Gasteiger partial charge in [-0.25, -0.2) is 14.5 Å². The summed E-state index contributed by atoms with van der Waals surface area (Å²) in [5.41, 5.74) is 5.20. The van der Waals surface area contributed by atoms with E-state index < -0.39 is 0 Å². The Morgan fingerprint density at radius 2 is 1.81 bits per heavy atom. The number of rotatable bonds is 4. The van der Waals surface area contributed by atoms with Crippen LogP contribution < -0.4 is 4.90 Å². The summed E-state index contributed by atoms with van der Waals surface area (Å²) in [5.74, 6) is 0.679. The van der Waals surface area contributed by atoms with Gasteiger partial charge in [0, 0.05) is 16.3 Å². The van der Waals surface area contributed by atoms with Gasteiger partial charge in [-0.15, -0.1) is 5.10 Å². The third-order valence-corrected chi connectivity index (χ3v) is 5.14. The van der Waals surface area contributed by atoms with Crippen molar-refractivity contribution in [3.05, 3.63) is 46.9 Å². The molecular formula is C19H22ClN6+. The van der Waals surface area contributed by atoms with Crippen molar-refractivity contribution in [1.29, 1.82) is 0 Å². The Morgan fingerprint density at radius 3 is 2.50 bits per heavy atom. The van der Waals surface area contributed by atoms with Crippen LogP contribution in [0.5, 0.6) is 0 Å². The number of hydrogen-bond donors (Lipinski definition) is 1. The lowest BCUT2D eigenvalue weighted by molar-refractivity contribution is -0.858. The van der Waals surface area contributed by atoms with E-state index in [1.165, 1.54) is 16.2 Å². The number of hydrogen-bond acceptors (Lipinski definition) is 3. The van der Waals surface area contributed by atoms with Crippen molar-refractivity contribution < 1.29 is 4.90 Å². The summed E-state index contributed by atoms with van der Waals surface area (Å²) in [4.78, 5) is 10.9. The van der Waals surface area contributed by atoms with Crippen molar-refractivity contribution >= 4 is 28.3 Å². The highest BCUT2D eigenvalue weighted by molar-refractivity contribution is 6.30. The lowest BCUT2D eigenvalue weighted by Crippen LogP contribution is -3.06. The second-order valence-electron chi connectivity index (χ2n) is 6.97. The van der Waals surface area contributed by atoms with E-state index >= 15 is 0 Å². The molecule has 0 radical (unpaired) electrons. The van der Waals surface area contributed by atoms with Gasteiger partial charge < -0.3 is 9.47 Å². The maximum atomic E-state index is 5.99. The lowest BCUT2D eigenvalue weighted by atomic mass is 10.2. The van der Waals surface area contributed by atoms with E-state index in [2.05, 4.69) is 42.6 Å². The Kier molecular flexibility index (Phi) is 4.17. The molecule has 1 aromatic carbocycles. The molecule has 4 rings (SSSR count). The Hall–Kier alpha value is -2.44. The third-order valence-electron chi connectivity index (χ3n) is 4.88. The maximum absolute atomic E-state index is 5.99. The van der Waals surface area contributed by atoms with Crippen LogP contribution in [0.1, 0.15) is 11.3 Å². The molecule has 0 aliphatic rings. The molecule has 6 nitrogen and oxygen atoms in total. The summed E-state index contributed by atoms with van der Waals surface area (Å²) in [5, 5.41) is 6.38. The van der Waals surface area contributed by atoms with Gasteiger partial charge >= 0.3 is 0 Å². The van der Waals surface area contributed by atoms with Gasteiger partial charge in [-0.1, -0.05) is 11.6 Å². The Bertz CT molecular complexity index is 1090. The molecule has 0 spiro atoms. The Labute approximate surface area is 157 Å². The zero-order chi connectivity index (χ0) is 18.4. The van der Waals surface area contributed by atoms with Crippen LogP contribution in [0.3, 0.4) is 0 Å². The summed E-state index contributed by atoms with van der Waals surface area (Å²) in [6, 6.07) is 7.58. The van der Waals surface area contributed by atoms with Crippen LogP contribution in [0.15, 0.2) is 30.6 Å². The van der Waals surface area contributed by atoms with Gasteiger partial charge in [0.2, 0.25) is 0 Å². The second-order valence-corrected chi connectivity index (χ2v) is 7.41. The predicted molar refractivity (Wildman–Crippen MR) is 104 cm³/mol. The maximum Gasteiger partial charge on any atom is 0.182 e. The molecule has 0 aliphatic heterocycles. The first kappa shape index (κ1) is 17.0. The molecule has 26 heavy (non-hydrogen) atoms. The number of aryl methyl sites for hydroxylation is 1. The summed E-state index contributed by atoms with van der Waals surface area (Å²) >= 11 is 5.99. The largest absolute Gasteiger partial charge is 0.338 e. The highest BCUT2D eigenvalue weighted by Gasteiger charge is 2.18. The first-order chi connectivity index (χ1) is 12.5. The SMILES string of the molecule is Cc1c(C)n(CC[NH+](C)C)c2ncn3nc(-c4ccc(Cl)cc4)nc3c12. The van der Waals surface area contributed by atoms with Crippen molar-refractivity contribution in [3.8, 4) is 11.4 Å². The first-order valence-electron chi connectivity index (χ1n) is 8.71. The number of fused-ring (bicyclic) bond motifs is 3. The van der Waals surface area contributed by atoms with Crippen LogP contribution in [0.25, 0.3) is 28.1 Å². The van der Waals surface area contributed by atoms with Crippen molar-refractivity contribution in [2.75, 3.05) is 20.6 Å². The van der Waals surface area contributed by atoms with Crippen molar-refractivity contribution in [1.82, 2.24) is 24.1 Å². The van der Waals surface area contributed by atoms with Gasteiger partial charge in [-0.3, -0.25) is 0 Å². The smallest absolute Gasteiger partial charge is 0.182 e. The number of nitrogens with one attached hydrogen (secondary N) is 1. The number of aromatic nitrogens is 5. The second kappa shape index (κ2) is 6.37. The third kappa shape index (κ3) is 2.75. The standard InChI is InChI=1S/C19H21ClN6/c1-12-13(2)25(10-9-24(3)4)18-16(12)19-22-17(23-26(19)11-21-18)14-5-7-15(20)8-6-14/h5-8,11H,9-10H2,1-4H3/p+1. The van der Waals surface area contributed by atoms with Gasteiger partial charge in [0.25, 0.3) is 0 Å². The summed E-state index contributed by atoms with van der Waals surface area (Å²) in [6.07, 6.45) is 1.75. The average molecular weight is 370 g/mol. The van der Waals surface area contributed by atoms with Crippen LogP contribution in [0.2, 0.25) is 5.02 Å². The molecule has 1 N–H and O–H groups in total. The fraction of sp³-hybridized carbons (Fsp3) is 0.316. The van der Waals surface area contributed by atoms with E-state index in [1.54, 1.807) is 10.8 Å². The zero-order valence-corrected chi connectivity index (χ0v) is 16.2. The van der Waals surface area contributed by atoms with E-state index in [9.17, 15) is 0 Å². The zero-order valence-electron chi connectivity index (χ0n) is 15.4. The topological polar surface area (TPSA) is 52.5 Å². The van der Waals surface area contributed by atoms with Crippen molar-refractivity contribution in [2.45, 2.75) is 20.4 Å². The molecule has 0 saturated heterocycles. The number of halogens is 1. The molecule has 0 saturated carbocycles. The molecule has 3 aromatic heterocycles. The lowest BCUT2D eigenvalue weighted by Gasteiger charge is -2.10. The molecule has 7 heteroatoms. The fourth-order valence-corrected chi connectivity index (χ4v) is 3.39. The highest BCUT2D eigenvalue weighted by atomic mass is 35.5. The van der Waals surface area contributed by atoms with Gasteiger partial charge in [-0.05, 0) is 43.7 Å². The minimum absolute atomic E-state index is 0.679. The van der Waals surface area contributed by atoms with Gasteiger partial charge in [0.1, 0.15) is 12.0 Å². The number of quaternary nitrogens is 1. The van der Waals surface area contributed by atoms with Gasteiger partial charge in [-0.2, -0.15) is 0 Å². The molecule has 0 fully saturated rings. The molecule has 0 amide bonds. The first-order valence-corrected chi connectivity index (χ1v) is 9.09. The quantitative estimate of drug-likeness (QED) is 0.599. The van der Waals surface area contributed by atoms with E-state index in [0.717, 1.165) is 35.3 Å². The fourth-order valence-electron chi connectivity index (χ4n) is 3.26. The highest BCUT2D eigenvalue weighted by Crippen LogP contribution is 2.28. The summed E-state index contributed by atoms with van der Waals surface area (Å²) < 4.78 is 4.05. The number of likely N-dealkylation sites (N-methyl/N-ethyl adjacent to an activating group) is 1. The molecule has 0 bridgehead atoms. The Balaban J connectivity index is 1.89. The summed E-state index contributed by atoms with van der Waals surface area (Å²) in [7, 11) is 4.33. The molecule has 0 atom stereocenters. The normalized spacial score (nSPS) is 11.9. The van der Waals surface area contributed by atoms with Gasteiger partial charge in [0.05, 0.1) is 32.6 Å². The molecule has 4 aromatic rings. The monoisotopic (exact) mass is 369 g/mol. The molecular weight excluding hydrogens is 348 g/mol. The van der Waals surface area contributed by atoms with E-state index in [0.29, 0.717) is 10.8 Å². The molecule has 134 valence electrons. The van der Waals surface area contributed by atoms with Crippen LogP contribution in [-0.2, 0) is 6.54 Å². The van der Waals surface area contributed by atoms with Crippen LogP contribution >= 0.6 is 11.6 Å². The summed E-state index contributed by atoms with van der Waals surface area (Å²) in [6.45, 7) is 6.25. The number of nitrogens with zero attached hydrogens (tertiary/aromatic N) is 5. The minimum atomic E-state index is 0.679. The van der Waals surface area contributed by atoms with Crippen molar-refractivity contribution in [3.63, 3.8) is 0 Å². The van der Waals surface area contributed by atoms with E-state index in [-0.39, 0.29) is 0 Å².